The Labute approximate surface area is 141 Å². The van der Waals surface area contributed by atoms with Gasteiger partial charge in [-0.2, -0.15) is 0 Å². The van der Waals surface area contributed by atoms with Gasteiger partial charge in [0.2, 0.25) is 0 Å². The Hall–Kier alpha value is -1.17. The molecule has 1 aromatic carbocycles. The fourth-order valence-electron chi connectivity index (χ4n) is 2.15. The highest BCUT2D eigenvalue weighted by Gasteiger charge is 2.40. The van der Waals surface area contributed by atoms with Crippen molar-refractivity contribution in [2.24, 2.45) is 5.92 Å². The largest absolute Gasteiger partial charge is 0.481 e. The highest BCUT2D eigenvalue weighted by molar-refractivity contribution is 6.74. The molecule has 0 aromatic heterocycles. The second-order valence-corrected chi connectivity index (χ2v) is 12.4. The quantitative estimate of drug-likeness (QED) is 0.707. The van der Waals surface area contributed by atoms with Gasteiger partial charge in [0.15, 0.2) is 8.32 Å². The van der Waals surface area contributed by atoms with Crippen LogP contribution in [0.4, 0.5) is 0 Å². The maximum atomic E-state index is 11.6. The lowest BCUT2D eigenvalue weighted by Gasteiger charge is -2.39. The summed E-state index contributed by atoms with van der Waals surface area (Å²) in [7, 11) is -1.97. The molecular weight excluding hydrogens is 306 g/mol. The van der Waals surface area contributed by atoms with Crippen LogP contribution in [0.25, 0.3) is 0 Å². The summed E-state index contributed by atoms with van der Waals surface area (Å²) in [6.45, 7) is 13.7. The van der Waals surface area contributed by atoms with Gasteiger partial charge in [-0.15, -0.1) is 0 Å². The van der Waals surface area contributed by atoms with Gasteiger partial charge < -0.3 is 14.8 Å². The van der Waals surface area contributed by atoms with Crippen molar-refractivity contribution in [2.75, 3.05) is 6.54 Å². The van der Waals surface area contributed by atoms with Crippen LogP contribution in [0.5, 0.6) is 0 Å². The molecule has 4 nitrogen and oxygen atoms in total. The first-order valence-electron chi connectivity index (χ1n) is 8.20. The van der Waals surface area contributed by atoms with E-state index in [2.05, 4.69) is 39.2 Å². The van der Waals surface area contributed by atoms with Gasteiger partial charge in [-0.3, -0.25) is 4.79 Å². The first kappa shape index (κ1) is 19.9. The van der Waals surface area contributed by atoms with Crippen LogP contribution in [0.1, 0.15) is 33.3 Å². The Morgan fingerprint density at radius 1 is 1.26 bits per heavy atom. The van der Waals surface area contributed by atoms with Crippen molar-refractivity contribution in [1.82, 2.24) is 5.32 Å². The van der Waals surface area contributed by atoms with Gasteiger partial charge in [-0.05, 0) is 30.6 Å². The van der Waals surface area contributed by atoms with Crippen molar-refractivity contribution in [3.63, 3.8) is 0 Å². The molecule has 2 unspecified atom stereocenters. The predicted molar refractivity (Wildman–Crippen MR) is 97.0 cm³/mol. The number of hydrogen-bond donors (Lipinski definition) is 2. The number of benzene rings is 1. The highest BCUT2D eigenvalue weighted by Crippen LogP contribution is 2.38. The molecule has 23 heavy (non-hydrogen) atoms. The van der Waals surface area contributed by atoms with Crippen molar-refractivity contribution in [1.29, 1.82) is 0 Å². The molecule has 2 atom stereocenters. The van der Waals surface area contributed by atoms with Crippen LogP contribution in [0.2, 0.25) is 18.1 Å². The summed E-state index contributed by atoms with van der Waals surface area (Å²) < 4.78 is 6.25. The minimum Gasteiger partial charge on any atom is -0.481 e. The Morgan fingerprint density at radius 3 is 2.30 bits per heavy atom. The van der Waals surface area contributed by atoms with Crippen LogP contribution < -0.4 is 5.32 Å². The molecule has 0 bridgehead atoms. The maximum absolute atomic E-state index is 11.6. The number of aliphatic carboxylic acids is 1. The molecule has 0 aliphatic heterocycles. The summed E-state index contributed by atoms with van der Waals surface area (Å²) in [6, 6.07) is 9.99. The molecule has 1 aromatic rings. The van der Waals surface area contributed by atoms with Gasteiger partial charge >= 0.3 is 5.97 Å². The fraction of sp³-hybridized carbons (Fsp3) is 0.611. The first-order chi connectivity index (χ1) is 10.5. The fourth-order valence-corrected chi connectivity index (χ4v) is 3.59. The standard InChI is InChI=1S/C18H31NO3Si/c1-14(22-23(5,6)18(2,3)4)16(17(20)21)13-19-12-15-10-8-7-9-11-15/h7-11,14,16,19H,12-13H2,1-6H3,(H,20,21). The summed E-state index contributed by atoms with van der Waals surface area (Å²) in [5, 5.41) is 12.9. The van der Waals surface area contributed by atoms with Crippen LogP contribution in [0, 0.1) is 5.92 Å². The lowest BCUT2D eigenvalue weighted by atomic mass is 10.0. The van der Waals surface area contributed by atoms with Crippen molar-refractivity contribution in [2.45, 2.75) is 58.5 Å². The van der Waals surface area contributed by atoms with E-state index in [9.17, 15) is 9.90 Å². The monoisotopic (exact) mass is 337 g/mol. The lowest BCUT2D eigenvalue weighted by Crippen LogP contribution is -2.47. The molecule has 0 saturated carbocycles. The van der Waals surface area contributed by atoms with Crippen molar-refractivity contribution in [3.05, 3.63) is 35.9 Å². The molecule has 5 heteroatoms. The Bertz CT molecular complexity index is 497. The average Bonchev–Trinajstić information content (AvgIpc) is 2.42. The minimum absolute atomic E-state index is 0.0712. The molecule has 1 rings (SSSR count). The van der Waals surface area contributed by atoms with E-state index in [1.54, 1.807) is 0 Å². The van der Waals surface area contributed by atoms with Gasteiger partial charge in [-0.25, -0.2) is 0 Å². The number of rotatable bonds is 8. The van der Waals surface area contributed by atoms with Crippen molar-refractivity contribution in [3.8, 4) is 0 Å². The van der Waals surface area contributed by atoms with Gasteiger partial charge in [-0.1, -0.05) is 51.1 Å². The van der Waals surface area contributed by atoms with Crippen LogP contribution in [0.3, 0.4) is 0 Å². The van der Waals surface area contributed by atoms with Gasteiger partial charge in [0.25, 0.3) is 0 Å². The second kappa shape index (κ2) is 8.08. The molecule has 0 spiro atoms. The van der Waals surface area contributed by atoms with Crippen LogP contribution in [-0.2, 0) is 15.8 Å². The number of hydrogen-bond acceptors (Lipinski definition) is 3. The molecule has 0 amide bonds. The van der Waals surface area contributed by atoms with Gasteiger partial charge in [0, 0.05) is 13.1 Å². The number of nitrogens with one attached hydrogen (secondary N) is 1. The molecule has 0 aliphatic carbocycles. The zero-order chi connectivity index (χ0) is 17.7. The predicted octanol–water partition coefficient (Wildman–Crippen LogP) is 3.89. The molecule has 0 heterocycles. The van der Waals surface area contributed by atoms with E-state index in [0.717, 1.165) is 5.56 Å². The summed E-state index contributed by atoms with van der Waals surface area (Å²) in [5.41, 5.74) is 1.15. The molecule has 130 valence electrons. The molecular formula is C18H31NO3Si. The Balaban J connectivity index is 2.62. The number of carboxylic acids is 1. The number of carboxylic acid groups (broad SMARTS) is 1. The van der Waals surface area contributed by atoms with Crippen LogP contribution in [0.15, 0.2) is 30.3 Å². The average molecular weight is 338 g/mol. The van der Waals surface area contributed by atoms with Crippen molar-refractivity contribution >= 4 is 14.3 Å². The first-order valence-corrected chi connectivity index (χ1v) is 11.1. The van der Waals surface area contributed by atoms with Gasteiger partial charge in [0.05, 0.1) is 12.0 Å². The third-order valence-electron chi connectivity index (χ3n) is 4.71. The highest BCUT2D eigenvalue weighted by atomic mass is 28.4. The number of carbonyl (C=O) groups is 1. The molecule has 2 N–H and O–H groups in total. The van der Waals surface area contributed by atoms with Crippen LogP contribution >= 0.6 is 0 Å². The Kier molecular flexibility index (Phi) is 6.98. The Morgan fingerprint density at radius 2 is 1.83 bits per heavy atom. The third-order valence-corrected chi connectivity index (χ3v) is 9.28. The van der Waals surface area contributed by atoms with E-state index in [4.69, 9.17) is 4.43 Å². The van der Waals surface area contributed by atoms with Crippen LogP contribution in [-0.4, -0.2) is 32.0 Å². The summed E-state index contributed by atoms with van der Waals surface area (Å²) in [4.78, 5) is 11.6. The molecule has 0 aliphatic rings. The van der Waals surface area contributed by atoms with E-state index < -0.39 is 20.2 Å². The van der Waals surface area contributed by atoms with E-state index in [1.165, 1.54) is 0 Å². The van der Waals surface area contributed by atoms with E-state index in [1.807, 2.05) is 37.3 Å². The molecule has 0 fully saturated rings. The summed E-state index contributed by atoms with van der Waals surface area (Å²) >= 11 is 0. The van der Waals surface area contributed by atoms with E-state index in [0.29, 0.717) is 13.1 Å². The van der Waals surface area contributed by atoms with Gasteiger partial charge in [0.1, 0.15) is 0 Å². The normalized spacial score (nSPS) is 15.2. The second-order valence-electron chi connectivity index (χ2n) is 7.64. The van der Waals surface area contributed by atoms with E-state index in [-0.39, 0.29) is 11.1 Å². The minimum atomic E-state index is -1.97. The van der Waals surface area contributed by atoms with E-state index >= 15 is 0 Å². The van der Waals surface area contributed by atoms with Crippen molar-refractivity contribution < 1.29 is 14.3 Å². The summed E-state index contributed by atoms with van der Waals surface area (Å²) in [6.07, 6.45) is -0.309. The lowest BCUT2D eigenvalue weighted by molar-refractivity contribution is -0.144. The smallest absolute Gasteiger partial charge is 0.310 e. The zero-order valence-corrected chi connectivity index (χ0v) is 16.2. The molecule has 0 radical (unpaired) electrons. The summed E-state index contributed by atoms with van der Waals surface area (Å²) in [5.74, 6) is -1.36. The SMILES string of the molecule is CC(O[Si](C)(C)C(C)(C)C)C(CNCc1ccccc1)C(=O)O. The zero-order valence-electron chi connectivity index (χ0n) is 15.2. The third kappa shape index (κ3) is 6.09. The maximum Gasteiger partial charge on any atom is 0.310 e. The topological polar surface area (TPSA) is 58.6 Å². The molecule has 0 saturated heterocycles.